The first-order valence-electron chi connectivity index (χ1n) is 11.0. The number of methoxy groups -OCH3 is 1. The molecular weight excluding hydrogens is 400 g/mol. The summed E-state index contributed by atoms with van der Waals surface area (Å²) in [6.07, 6.45) is 4.69. The number of carboxylic acid groups (broad SMARTS) is 1. The van der Waals surface area contributed by atoms with Crippen molar-refractivity contribution in [2.75, 3.05) is 13.7 Å². The van der Waals surface area contributed by atoms with Crippen LogP contribution in [-0.4, -0.2) is 30.9 Å². The van der Waals surface area contributed by atoms with Crippen molar-refractivity contribution in [3.05, 3.63) is 107 Å². The van der Waals surface area contributed by atoms with E-state index in [1.54, 1.807) is 0 Å². The SMILES string of the molecule is COC(Cc1ccc(OCCC=C2c3ccccc3CCc3ccccc32)cc1)C(=O)O. The van der Waals surface area contributed by atoms with Crippen molar-refractivity contribution in [3.63, 3.8) is 0 Å². The second kappa shape index (κ2) is 10.3. The molecular formula is C28H28O4. The van der Waals surface area contributed by atoms with E-state index in [1.165, 1.54) is 34.9 Å². The molecule has 1 aliphatic carbocycles. The average Bonchev–Trinajstić information content (AvgIpc) is 2.98. The summed E-state index contributed by atoms with van der Waals surface area (Å²) in [5.74, 6) is -0.180. The zero-order valence-electron chi connectivity index (χ0n) is 18.3. The molecule has 32 heavy (non-hydrogen) atoms. The summed E-state index contributed by atoms with van der Waals surface area (Å²) >= 11 is 0. The Kier molecular flexibility index (Phi) is 7.03. The van der Waals surface area contributed by atoms with Gasteiger partial charge in [0, 0.05) is 20.0 Å². The van der Waals surface area contributed by atoms with Crippen LogP contribution in [0.2, 0.25) is 0 Å². The predicted molar refractivity (Wildman–Crippen MR) is 126 cm³/mol. The van der Waals surface area contributed by atoms with Gasteiger partial charge in [-0.15, -0.1) is 0 Å². The van der Waals surface area contributed by atoms with Crippen LogP contribution in [0.25, 0.3) is 5.57 Å². The molecule has 1 atom stereocenters. The van der Waals surface area contributed by atoms with Gasteiger partial charge >= 0.3 is 5.97 Å². The van der Waals surface area contributed by atoms with E-state index in [4.69, 9.17) is 14.6 Å². The molecule has 0 bridgehead atoms. The summed E-state index contributed by atoms with van der Waals surface area (Å²) in [7, 11) is 1.41. The minimum absolute atomic E-state index is 0.330. The van der Waals surface area contributed by atoms with E-state index in [-0.39, 0.29) is 0 Å². The van der Waals surface area contributed by atoms with Crippen molar-refractivity contribution in [1.82, 2.24) is 0 Å². The van der Waals surface area contributed by atoms with Crippen LogP contribution in [-0.2, 0) is 28.8 Å². The first-order chi connectivity index (χ1) is 15.7. The van der Waals surface area contributed by atoms with Gasteiger partial charge in [0.2, 0.25) is 0 Å². The van der Waals surface area contributed by atoms with Crippen LogP contribution in [0.1, 0.15) is 34.2 Å². The van der Waals surface area contributed by atoms with Crippen molar-refractivity contribution in [1.29, 1.82) is 0 Å². The Morgan fingerprint density at radius 2 is 1.53 bits per heavy atom. The van der Waals surface area contributed by atoms with Gasteiger partial charge in [-0.05, 0) is 58.4 Å². The van der Waals surface area contributed by atoms with Gasteiger partial charge in [0.05, 0.1) is 6.61 Å². The third-order valence-corrected chi connectivity index (χ3v) is 5.92. The summed E-state index contributed by atoms with van der Waals surface area (Å²) < 4.78 is 11.0. The third-order valence-electron chi connectivity index (χ3n) is 5.92. The van der Waals surface area contributed by atoms with Crippen LogP contribution in [0.4, 0.5) is 0 Å². The van der Waals surface area contributed by atoms with Gasteiger partial charge in [0.15, 0.2) is 6.10 Å². The number of carboxylic acids is 1. The second-order valence-electron chi connectivity index (χ2n) is 7.98. The normalized spacial score (nSPS) is 13.5. The molecule has 1 N–H and O–H groups in total. The molecule has 4 rings (SSSR count). The summed E-state index contributed by atoms with van der Waals surface area (Å²) in [4.78, 5) is 11.1. The number of benzene rings is 3. The van der Waals surface area contributed by atoms with Gasteiger partial charge in [-0.3, -0.25) is 0 Å². The maximum Gasteiger partial charge on any atom is 0.333 e. The van der Waals surface area contributed by atoms with E-state index in [0.29, 0.717) is 13.0 Å². The third kappa shape index (κ3) is 5.09. The highest BCUT2D eigenvalue weighted by Crippen LogP contribution is 2.33. The van der Waals surface area contributed by atoms with E-state index in [1.807, 2.05) is 24.3 Å². The molecule has 0 amide bonds. The van der Waals surface area contributed by atoms with E-state index in [0.717, 1.165) is 30.6 Å². The molecule has 164 valence electrons. The number of fused-ring (bicyclic) bond motifs is 2. The molecule has 3 aromatic carbocycles. The van der Waals surface area contributed by atoms with E-state index < -0.39 is 12.1 Å². The highest BCUT2D eigenvalue weighted by Gasteiger charge is 2.18. The Bertz CT molecular complexity index is 1050. The smallest absolute Gasteiger partial charge is 0.333 e. The monoisotopic (exact) mass is 428 g/mol. The number of ether oxygens (including phenoxy) is 2. The molecule has 0 fully saturated rings. The quantitative estimate of drug-likeness (QED) is 0.493. The van der Waals surface area contributed by atoms with Gasteiger partial charge in [-0.2, -0.15) is 0 Å². The average molecular weight is 429 g/mol. The highest BCUT2D eigenvalue weighted by molar-refractivity contribution is 5.83. The Balaban J connectivity index is 1.43. The molecule has 1 unspecified atom stereocenters. The first kappa shape index (κ1) is 21.8. The van der Waals surface area contributed by atoms with Crippen LogP contribution in [0.5, 0.6) is 5.75 Å². The van der Waals surface area contributed by atoms with E-state index in [2.05, 4.69) is 54.6 Å². The van der Waals surface area contributed by atoms with Crippen molar-refractivity contribution < 1.29 is 19.4 Å². The lowest BCUT2D eigenvalue weighted by Crippen LogP contribution is -2.24. The van der Waals surface area contributed by atoms with Gasteiger partial charge in [-0.25, -0.2) is 4.79 Å². The number of hydrogen-bond donors (Lipinski definition) is 1. The van der Waals surface area contributed by atoms with Crippen LogP contribution < -0.4 is 4.74 Å². The largest absolute Gasteiger partial charge is 0.493 e. The fourth-order valence-electron chi connectivity index (χ4n) is 4.22. The maximum atomic E-state index is 11.1. The number of carbonyl (C=O) groups is 1. The molecule has 3 aromatic rings. The van der Waals surface area contributed by atoms with Crippen LogP contribution in [0.15, 0.2) is 78.9 Å². The number of rotatable bonds is 8. The molecule has 1 aliphatic rings. The summed E-state index contributed by atoms with van der Waals surface area (Å²) in [6.45, 7) is 0.572. The zero-order valence-corrected chi connectivity index (χ0v) is 18.3. The first-order valence-corrected chi connectivity index (χ1v) is 11.0. The lowest BCUT2D eigenvalue weighted by atomic mass is 9.93. The van der Waals surface area contributed by atoms with E-state index in [9.17, 15) is 4.79 Å². The summed E-state index contributed by atoms with van der Waals surface area (Å²) in [5, 5.41) is 9.12. The van der Waals surface area contributed by atoms with Crippen molar-refractivity contribution >= 4 is 11.5 Å². The van der Waals surface area contributed by atoms with Gasteiger partial charge in [-0.1, -0.05) is 66.7 Å². The fraction of sp³-hybridized carbons (Fsp3) is 0.250. The summed E-state index contributed by atoms with van der Waals surface area (Å²) in [5.41, 5.74) is 7.59. The van der Waals surface area contributed by atoms with E-state index >= 15 is 0 Å². The highest BCUT2D eigenvalue weighted by atomic mass is 16.5. The molecule has 0 spiro atoms. The number of hydrogen-bond acceptors (Lipinski definition) is 3. The topological polar surface area (TPSA) is 55.8 Å². The van der Waals surface area contributed by atoms with Crippen molar-refractivity contribution in [3.8, 4) is 5.75 Å². The standard InChI is InChI=1S/C28H28O4/c1-31-27(28(29)30)19-20-12-16-23(17-13-20)32-18-6-11-26-24-9-4-2-7-21(24)14-15-22-8-3-5-10-25(22)26/h2-5,7-13,16-17,27H,6,14-15,18-19H2,1H3,(H,29,30). The van der Waals surface area contributed by atoms with Gasteiger partial charge in [0.25, 0.3) is 0 Å². The maximum absolute atomic E-state index is 11.1. The lowest BCUT2D eigenvalue weighted by molar-refractivity contribution is -0.148. The second-order valence-corrected chi connectivity index (χ2v) is 7.98. The molecule has 0 heterocycles. The Labute approximate surface area is 189 Å². The van der Waals surface area contributed by atoms with Crippen LogP contribution >= 0.6 is 0 Å². The molecule has 4 nitrogen and oxygen atoms in total. The Morgan fingerprint density at radius 1 is 0.938 bits per heavy atom. The molecule has 0 saturated heterocycles. The molecule has 4 heteroatoms. The number of aryl methyl sites for hydroxylation is 2. The molecule has 0 aromatic heterocycles. The van der Waals surface area contributed by atoms with Gasteiger partial charge < -0.3 is 14.6 Å². The van der Waals surface area contributed by atoms with Crippen molar-refractivity contribution in [2.24, 2.45) is 0 Å². The fourth-order valence-corrected chi connectivity index (χ4v) is 4.22. The van der Waals surface area contributed by atoms with Gasteiger partial charge in [0.1, 0.15) is 5.75 Å². The minimum Gasteiger partial charge on any atom is -0.493 e. The Hall–Kier alpha value is -3.37. The molecule has 0 radical (unpaired) electrons. The van der Waals surface area contributed by atoms with Crippen molar-refractivity contribution in [2.45, 2.75) is 31.8 Å². The Morgan fingerprint density at radius 3 is 2.09 bits per heavy atom. The molecule has 0 saturated carbocycles. The number of aliphatic carboxylic acids is 1. The summed E-state index contributed by atoms with van der Waals surface area (Å²) in [6, 6.07) is 24.9. The zero-order chi connectivity index (χ0) is 22.3. The minimum atomic E-state index is -0.956. The predicted octanol–water partition coefficient (Wildman–Crippen LogP) is 5.33. The lowest BCUT2D eigenvalue weighted by Gasteiger charge is -2.13. The van der Waals surface area contributed by atoms with Crippen LogP contribution in [0.3, 0.4) is 0 Å². The van der Waals surface area contributed by atoms with Crippen LogP contribution in [0, 0.1) is 0 Å². The molecule has 0 aliphatic heterocycles.